The van der Waals surface area contributed by atoms with Gasteiger partial charge in [-0.3, -0.25) is 9.59 Å². The second-order valence-corrected chi connectivity index (χ2v) is 5.70. The molecule has 0 aliphatic carbocycles. The predicted molar refractivity (Wildman–Crippen MR) is 90.8 cm³/mol. The number of hydrogen-bond acceptors (Lipinski definition) is 3. The Balaban J connectivity index is 1.63. The van der Waals surface area contributed by atoms with E-state index in [2.05, 4.69) is 5.32 Å². The number of furan rings is 1. The first-order valence-corrected chi connectivity index (χ1v) is 7.80. The van der Waals surface area contributed by atoms with E-state index in [-0.39, 0.29) is 30.2 Å². The molecule has 1 N–H and O–H groups in total. The van der Waals surface area contributed by atoms with E-state index in [0.29, 0.717) is 16.9 Å². The maximum absolute atomic E-state index is 13.5. The van der Waals surface area contributed by atoms with Crippen molar-refractivity contribution in [2.75, 3.05) is 0 Å². The number of aryl methyl sites for hydroxylation is 1. The summed E-state index contributed by atoms with van der Waals surface area (Å²) < 4.78 is 20.5. The molecule has 1 aromatic carbocycles. The number of amides is 1. The van der Waals surface area contributed by atoms with Gasteiger partial charge in [0.1, 0.15) is 11.6 Å². The van der Waals surface area contributed by atoms with E-state index in [1.165, 1.54) is 16.7 Å². The average molecular weight is 340 g/mol. The zero-order valence-electron chi connectivity index (χ0n) is 13.7. The minimum Gasteiger partial charge on any atom is -0.454 e. The second-order valence-electron chi connectivity index (χ2n) is 5.70. The molecule has 0 spiro atoms. The molecule has 6 heteroatoms. The molecule has 0 radical (unpaired) electrons. The highest BCUT2D eigenvalue weighted by atomic mass is 19.1. The molecule has 2 aromatic heterocycles. The Morgan fingerprint density at radius 1 is 1.20 bits per heavy atom. The monoisotopic (exact) mass is 340 g/mol. The van der Waals surface area contributed by atoms with Crippen molar-refractivity contribution >= 4 is 5.91 Å². The van der Waals surface area contributed by atoms with Gasteiger partial charge in [-0.1, -0.05) is 18.2 Å². The van der Waals surface area contributed by atoms with E-state index in [0.717, 1.165) is 0 Å². The lowest BCUT2D eigenvalue weighted by molar-refractivity contribution is 0.0921. The SMILES string of the molecule is Cc1ccc(CNC(=O)c2ccc(Cn3ccccc3=O)o2)cc1F. The van der Waals surface area contributed by atoms with Crippen LogP contribution in [0.3, 0.4) is 0 Å². The van der Waals surface area contributed by atoms with E-state index >= 15 is 0 Å². The lowest BCUT2D eigenvalue weighted by Gasteiger charge is -2.05. The van der Waals surface area contributed by atoms with Crippen molar-refractivity contribution in [3.63, 3.8) is 0 Å². The van der Waals surface area contributed by atoms with Crippen molar-refractivity contribution in [2.45, 2.75) is 20.0 Å². The molecule has 0 unspecified atom stereocenters. The van der Waals surface area contributed by atoms with Crippen LogP contribution in [0.25, 0.3) is 0 Å². The molecule has 25 heavy (non-hydrogen) atoms. The minimum absolute atomic E-state index is 0.145. The number of carbonyl (C=O) groups excluding carboxylic acids is 1. The molecular weight excluding hydrogens is 323 g/mol. The number of halogens is 1. The first-order chi connectivity index (χ1) is 12.0. The fraction of sp³-hybridized carbons (Fsp3) is 0.158. The molecule has 3 aromatic rings. The second kappa shape index (κ2) is 7.17. The first kappa shape index (κ1) is 16.7. The van der Waals surface area contributed by atoms with E-state index in [4.69, 9.17) is 4.42 Å². The van der Waals surface area contributed by atoms with E-state index < -0.39 is 5.91 Å². The highest BCUT2D eigenvalue weighted by molar-refractivity contribution is 5.91. The van der Waals surface area contributed by atoms with Gasteiger partial charge >= 0.3 is 0 Å². The number of pyridine rings is 1. The zero-order chi connectivity index (χ0) is 17.8. The Morgan fingerprint density at radius 2 is 2.04 bits per heavy atom. The smallest absolute Gasteiger partial charge is 0.287 e. The van der Waals surface area contributed by atoms with Gasteiger partial charge in [0.15, 0.2) is 5.76 Å². The molecule has 5 nitrogen and oxygen atoms in total. The van der Waals surface area contributed by atoms with Crippen molar-refractivity contribution in [2.24, 2.45) is 0 Å². The van der Waals surface area contributed by atoms with Crippen molar-refractivity contribution < 1.29 is 13.6 Å². The summed E-state index contributed by atoms with van der Waals surface area (Å²) in [6.07, 6.45) is 1.65. The van der Waals surface area contributed by atoms with Gasteiger partial charge in [-0.05, 0) is 42.3 Å². The van der Waals surface area contributed by atoms with Crippen LogP contribution in [0.15, 0.2) is 63.9 Å². The fourth-order valence-electron chi connectivity index (χ4n) is 2.36. The van der Waals surface area contributed by atoms with Gasteiger partial charge in [-0.2, -0.15) is 0 Å². The van der Waals surface area contributed by atoms with Crippen LogP contribution < -0.4 is 10.9 Å². The number of aromatic nitrogens is 1. The Bertz CT molecular complexity index is 959. The van der Waals surface area contributed by atoms with Gasteiger partial charge < -0.3 is 14.3 Å². The first-order valence-electron chi connectivity index (χ1n) is 7.80. The normalized spacial score (nSPS) is 10.6. The largest absolute Gasteiger partial charge is 0.454 e. The summed E-state index contributed by atoms with van der Waals surface area (Å²) in [5.41, 5.74) is 1.08. The zero-order valence-corrected chi connectivity index (χ0v) is 13.7. The minimum atomic E-state index is -0.396. The van der Waals surface area contributed by atoms with E-state index in [1.54, 1.807) is 49.5 Å². The molecule has 1 amide bonds. The van der Waals surface area contributed by atoms with Crippen LogP contribution in [-0.2, 0) is 13.1 Å². The molecule has 0 bridgehead atoms. The molecule has 0 atom stereocenters. The van der Waals surface area contributed by atoms with Crippen LogP contribution in [0.5, 0.6) is 0 Å². The number of hydrogen-bond donors (Lipinski definition) is 1. The number of rotatable bonds is 5. The molecule has 3 rings (SSSR count). The Hall–Kier alpha value is -3.15. The number of benzene rings is 1. The third-order valence-corrected chi connectivity index (χ3v) is 3.80. The lowest BCUT2D eigenvalue weighted by atomic mass is 10.1. The Kier molecular flexibility index (Phi) is 4.79. The quantitative estimate of drug-likeness (QED) is 0.777. The number of nitrogens with one attached hydrogen (secondary N) is 1. The Labute approximate surface area is 143 Å². The maximum atomic E-state index is 13.5. The van der Waals surface area contributed by atoms with Crippen LogP contribution in [-0.4, -0.2) is 10.5 Å². The molecule has 0 aliphatic rings. The molecule has 0 saturated carbocycles. The van der Waals surface area contributed by atoms with Crippen LogP contribution >= 0.6 is 0 Å². The average Bonchev–Trinajstić information content (AvgIpc) is 3.06. The molecular formula is C19H17FN2O3. The summed E-state index contributed by atoms with van der Waals surface area (Å²) in [6.45, 7) is 2.13. The van der Waals surface area contributed by atoms with Gasteiger partial charge in [-0.15, -0.1) is 0 Å². The van der Waals surface area contributed by atoms with E-state index in [1.807, 2.05) is 0 Å². The van der Waals surface area contributed by atoms with Crippen molar-refractivity contribution in [1.82, 2.24) is 9.88 Å². The van der Waals surface area contributed by atoms with Crippen molar-refractivity contribution in [3.05, 3.63) is 93.5 Å². The van der Waals surface area contributed by atoms with Crippen LogP contribution in [0.2, 0.25) is 0 Å². The van der Waals surface area contributed by atoms with Gasteiger partial charge in [-0.25, -0.2) is 4.39 Å². The van der Waals surface area contributed by atoms with Crippen LogP contribution in [0, 0.1) is 12.7 Å². The van der Waals surface area contributed by atoms with Crippen molar-refractivity contribution in [3.8, 4) is 0 Å². The van der Waals surface area contributed by atoms with Crippen LogP contribution in [0.1, 0.15) is 27.4 Å². The van der Waals surface area contributed by atoms with Crippen molar-refractivity contribution in [1.29, 1.82) is 0 Å². The maximum Gasteiger partial charge on any atom is 0.287 e. The standard InChI is InChI=1S/C19H17FN2O3/c1-13-5-6-14(10-16(13)20)11-21-19(24)17-8-7-15(25-17)12-22-9-3-2-4-18(22)23/h2-10H,11-12H2,1H3,(H,21,24). The summed E-state index contributed by atoms with van der Waals surface area (Å²) >= 11 is 0. The van der Waals surface area contributed by atoms with Gasteiger partial charge in [0, 0.05) is 18.8 Å². The van der Waals surface area contributed by atoms with Gasteiger partial charge in [0.25, 0.3) is 11.5 Å². The molecule has 0 aliphatic heterocycles. The van der Waals surface area contributed by atoms with Gasteiger partial charge in [0.2, 0.25) is 0 Å². The predicted octanol–water partition coefficient (Wildman–Crippen LogP) is 2.87. The lowest BCUT2D eigenvalue weighted by Crippen LogP contribution is -2.22. The number of carbonyl (C=O) groups is 1. The third-order valence-electron chi connectivity index (χ3n) is 3.80. The summed E-state index contributed by atoms with van der Waals surface area (Å²) in [5, 5.41) is 2.68. The molecule has 128 valence electrons. The molecule has 2 heterocycles. The highest BCUT2D eigenvalue weighted by Crippen LogP contribution is 2.11. The van der Waals surface area contributed by atoms with Gasteiger partial charge in [0.05, 0.1) is 6.54 Å². The third kappa shape index (κ3) is 4.03. The summed E-state index contributed by atoms with van der Waals surface area (Å²) in [5.74, 6) is -0.0561. The Morgan fingerprint density at radius 3 is 2.80 bits per heavy atom. The topological polar surface area (TPSA) is 64.2 Å². The molecule has 0 saturated heterocycles. The summed E-state index contributed by atoms with van der Waals surface area (Å²) in [4.78, 5) is 23.8. The van der Waals surface area contributed by atoms with Crippen LogP contribution in [0.4, 0.5) is 4.39 Å². The molecule has 0 fully saturated rings. The summed E-state index contributed by atoms with van der Waals surface area (Å²) in [6, 6.07) is 12.9. The number of nitrogens with zero attached hydrogens (tertiary/aromatic N) is 1. The summed E-state index contributed by atoms with van der Waals surface area (Å²) in [7, 11) is 0. The van der Waals surface area contributed by atoms with E-state index in [9.17, 15) is 14.0 Å². The fourth-order valence-corrected chi connectivity index (χ4v) is 2.36. The highest BCUT2D eigenvalue weighted by Gasteiger charge is 2.12.